The Kier molecular flexibility index (Phi) is 9.87. The summed E-state index contributed by atoms with van der Waals surface area (Å²) in [6.07, 6.45) is 8.32. The molecule has 7 nitrogen and oxygen atoms in total. The van der Waals surface area contributed by atoms with E-state index in [0.717, 1.165) is 102 Å². The lowest BCUT2D eigenvalue weighted by Crippen LogP contribution is -2.23. The third kappa shape index (κ3) is 7.52. The largest absolute Gasteiger partial charge is 0.573 e. The van der Waals surface area contributed by atoms with E-state index in [0.29, 0.717) is 23.3 Å². The predicted octanol–water partition coefficient (Wildman–Crippen LogP) is 8.88. The van der Waals surface area contributed by atoms with E-state index in [-0.39, 0.29) is 22.6 Å². The molecule has 5 rings (SSSR count). The molecule has 1 N–H and O–H groups in total. The summed E-state index contributed by atoms with van der Waals surface area (Å²) in [5.41, 5.74) is 2.22. The first-order chi connectivity index (χ1) is 20.7. The molecule has 0 saturated heterocycles. The molecule has 0 aliphatic heterocycles. The molecule has 0 radical (unpaired) electrons. The number of halogens is 4. The van der Waals surface area contributed by atoms with Gasteiger partial charge in [0.25, 0.3) is 0 Å². The fourth-order valence-electron chi connectivity index (χ4n) is 7.29. The Bertz CT molecular complexity index is 1510. The number of hydrogen-bond acceptors (Lipinski definition) is 6. The molecule has 0 bridgehead atoms. The second kappa shape index (κ2) is 13.2. The maximum absolute atomic E-state index is 14.5. The van der Waals surface area contributed by atoms with Gasteiger partial charge in [0.2, 0.25) is 0 Å². The normalized spacial score (nSPS) is 20.0. The van der Waals surface area contributed by atoms with Gasteiger partial charge in [0.05, 0.1) is 0 Å². The van der Waals surface area contributed by atoms with Crippen LogP contribution in [0.15, 0.2) is 34.1 Å². The average molecular weight is 663 g/mol. The fourth-order valence-corrected chi connectivity index (χ4v) is 9.46. The zero-order valence-corrected chi connectivity index (χ0v) is 26.0. The fraction of sp³-hybridized carbons (Fsp3) is 0.613. The highest BCUT2D eigenvalue weighted by molar-refractivity contribution is 7.87. The maximum atomic E-state index is 14.5. The third-order valence-corrected chi connectivity index (χ3v) is 11.6. The first kappa shape index (κ1) is 33.0. The van der Waals surface area contributed by atoms with Gasteiger partial charge < -0.3 is 8.92 Å². The second-order valence-electron chi connectivity index (χ2n) is 12.3. The highest BCUT2D eigenvalue weighted by Gasteiger charge is 2.40. The van der Waals surface area contributed by atoms with Crippen molar-refractivity contribution in [2.45, 2.75) is 130 Å². The van der Waals surface area contributed by atoms with Crippen molar-refractivity contribution in [2.75, 3.05) is 0 Å². The van der Waals surface area contributed by atoms with E-state index < -0.39 is 48.8 Å². The van der Waals surface area contributed by atoms with Crippen molar-refractivity contribution in [3.05, 3.63) is 46.8 Å². The van der Waals surface area contributed by atoms with E-state index in [1.165, 1.54) is 0 Å². The van der Waals surface area contributed by atoms with Gasteiger partial charge in [0.15, 0.2) is 16.4 Å². The number of hydrogen-bond donors (Lipinski definition) is 1. The minimum atomic E-state index is -5.62. The summed E-state index contributed by atoms with van der Waals surface area (Å²) >= 11 is 0. The van der Waals surface area contributed by atoms with Gasteiger partial charge in [-0.3, -0.25) is 4.55 Å². The number of ether oxygens (including phenoxy) is 1. The molecule has 3 saturated carbocycles. The number of benzene rings is 2. The molecule has 44 heavy (non-hydrogen) atoms. The summed E-state index contributed by atoms with van der Waals surface area (Å²) in [6.45, 7) is 0. The van der Waals surface area contributed by atoms with Crippen molar-refractivity contribution >= 4 is 20.2 Å². The van der Waals surface area contributed by atoms with Crippen LogP contribution in [0.25, 0.3) is 0 Å². The van der Waals surface area contributed by atoms with Gasteiger partial charge in [-0.05, 0) is 85.1 Å². The molecule has 3 aliphatic carbocycles. The van der Waals surface area contributed by atoms with Gasteiger partial charge in [0.1, 0.15) is 10.7 Å². The molecule has 3 fully saturated rings. The SMILES string of the molecule is O=S(=O)(O)c1c(F)ccc(OS(=O)(=O)c2c(C3CCCCC3)cc(C3CCCCC3)cc2C2CCCCC2)c1OC(F)(F)F. The Hall–Kier alpha value is -2.38. The molecule has 0 amide bonds. The van der Waals surface area contributed by atoms with E-state index in [4.69, 9.17) is 4.18 Å². The minimum absolute atomic E-state index is 0.105. The number of alkyl halides is 3. The van der Waals surface area contributed by atoms with E-state index in [1.807, 2.05) is 12.1 Å². The van der Waals surface area contributed by atoms with Crippen LogP contribution in [0.2, 0.25) is 0 Å². The monoisotopic (exact) mass is 662 g/mol. The van der Waals surface area contributed by atoms with Crippen molar-refractivity contribution in [3.63, 3.8) is 0 Å². The van der Waals surface area contributed by atoms with E-state index >= 15 is 0 Å². The summed E-state index contributed by atoms with van der Waals surface area (Å²) in [7, 11) is -10.5. The summed E-state index contributed by atoms with van der Waals surface area (Å²) in [4.78, 5) is -1.97. The second-order valence-corrected chi connectivity index (χ2v) is 15.1. The Morgan fingerprint density at radius 1 is 0.682 bits per heavy atom. The smallest absolute Gasteiger partial charge is 0.400 e. The highest BCUT2D eigenvalue weighted by atomic mass is 32.2. The Morgan fingerprint density at radius 3 is 1.57 bits per heavy atom. The zero-order chi connectivity index (χ0) is 31.7. The minimum Gasteiger partial charge on any atom is -0.400 e. The van der Waals surface area contributed by atoms with Crippen LogP contribution >= 0.6 is 0 Å². The van der Waals surface area contributed by atoms with Gasteiger partial charge in [-0.25, -0.2) is 4.39 Å². The molecule has 0 aromatic heterocycles. The number of rotatable bonds is 8. The van der Waals surface area contributed by atoms with Gasteiger partial charge in [0, 0.05) is 0 Å². The quantitative estimate of drug-likeness (QED) is 0.171. The molecule has 0 unspecified atom stereocenters. The van der Waals surface area contributed by atoms with Crippen LogP contribution in [0, 0.1) is 5.82 Å². The predicted molar refractivity (Wildman–Crippen MR) is 155 cm³/mol. The maximum Gasteiger partial charge on any atom is 0.573 e. The van der Waals surface area contributed by atoms with Crippen LogP contribution in [0.5, 0.6) is 11.5 Å². The van der Waals surface area contributed by atoms with Crippen LogP contribution < -0.4 is 8.92 Å². The van der Waals surface area contributed by atoms with Crippen LogP contribution in [0.4, 0.5) is 17.6 Å². The van der Waals surface area contributed by atoms with E-state index in [2.05, 4.69) is 4.74 Å². The lowest BCUT2D eigenvalue weighted by atomic mass is 9.76. The molecule has 2 aromatic carbocycles. The van der Waals surface area contributed by atoms with Crippen molar-refractivity contribution in [2.24, 2.45) is 0 Å². The molecule has 2 aromatic rings. The Morgan fingerprint density at radius 2 is 1.14 bits per heavy atom. The van der Waals surface area contributed by atoms with Gasteiger partial charge >= 0.3 is 26.6 Å². The first-order valence-corrected chi connectivity index (χ1v) is 18.3. The summed E-state index contributed by atoms with van der Waals surface area (Å²) in [5.74, 6) is -4.71. The van der Waals surface area contributed by atoms with Crippen LogP contribution in [0.1, 0.15) is 131 Å². The molecular weight excluding hydrogens is 624 g/mol. The highest BCUT2D eigenvalue weighted by Crippen LogP contribution is 2.47. The molecule has 3 aliphatic rings. The average Bonchev–Trinajstić information content (AvgIpc) is 2.98. The topological polar surface area (TPSA) is 107 Å². The molecule has 0 spiro atoms. The van der Waals surface area contributed by atoms with E-state index in [9.17, 15) is 39.0 Å². The van der Waals surface area contributed by atoms with Gasteiger partial charge in [-0.2, -0.15) is 16.8 Å². The first-order valence-electron chi connectivity index (χ1n) is 15.4. The summed E-state index contributed by atoms with van der Waals surface area (Å²) in [6, 6.07) is 4.85. The standard InChI is InChI=1S/C31H38F4O7S2/c32-26-16-17-27(28(41-31(33,34)35)30(26)43(36,37)38)42-44(39,40)29-24(21-12-6-2-7-13-21)18-23(20-10-4-1-5-11-20)19-25(29)22-14-8-3-9-15-22/h16-22H,1-15H2,(H,36,37,38). The molecule has 244 valence electrons. The lowest BCUT2D eigenvalue weighted by Gasteiger charge is -2.32. The van der Waals surface area contributed by atoms with Gasteiger partial charge in [-0.1, -0.05) is 69.9 Å². The summed E-state index contributed by atoms with van der Waals surface area (Å²) < 4.78 is 126. The summed E-state index contributed by atoms with van der Waals surface area (Å²) in [5, 5.41) is 0. The Labute approximate surface area is 256 Å². The Balaban J connectivity index is 1.71. The molecule has 0 atom stereocenters. The van der Waals surface area contributed by atoms with Gasteiger partial charge in [-0.15, -0.1) is 13.2 Å². The van der Waals surface area contributed by atoms with Crippen molar-refractivity contribution < 1.29 is 47.9 Å². The third-order valence-electron chi connectivity index (χ3n) is 9.29. The van der Waals surface area contributed by atoms with E-state index in [1.54, 1.807) is 0 Å². The lowest BCUT2D eigenvalue weighted by molar-refractivity contribution is -0.276. The molecule has 13 heteroatoms. The van der Waals surface area contributed by atoms with Crippen LogP contribution in [-0.4, -0.2) is 27.8 Å². The van der Waals surface area contributed by atoms with Crippen molar-refractivity contribution in [1.82, 2.24) is 0 Å². The zero-order valence-electron chi connectivity index (χ0n) is 24.4. The van der Waals surface area contributed by atoms with Crippen molar-refractivity contribution in [1.29, 1.82) is 0 Å². The molecular formula is C31H38F4O7S2. The van der Waals surface area contributed by atoms with Crippen molar-refractivity contribution in [3.8, 4) is 11.5 Å². The molecule has 0 heterocycles. The van der Waals surface area contributed by atoms with Crippen LogP contribution in [0.3, 0.4) is 0 Å². The van der Waals surface area contributed by atoms with Crippen LogP contribution in [-0.2, 0) is 20.2 Å².